The molecular formula is C18H22N4O. The number of benzene rings is 1. The topological polar surface area (TPSA) is 62.5 Å². The monoisotopic (exact) mass is 310 g/mol. The maximum atomic E-state index is 12.6. The highest BCUT2D eigenvalue weighted by molar-refractivity contribution is 5.95. The normalized spacial score (nSPS) is 14.9. The van der Waals surface area contributed by atoms with Crippen molar-refractivity contribution in [2.45, 2.75) is 13.8 Å². The molecule has 0 atom stereocenters. The van der Waals surface area contributed by atoms with E-state index in [2.05, 4.69) is 16.0 Å². The number of rotatable bonds is 2. The predicted molar refractivity (Wildman–Crippen MR) is 92.7 cm³/mol. The largest absolute Gasteiger partial charge is 0.383 e. The average Bonchev–Trinajstić information content (AvgIpc) is 2.57. The molecule has 2 aromatic rings. The number of carbonyl (C=O) groups excluding carboxylic acids is 1. The molecule has 3 rings (SSSR count). The van der Waals surface area contributed by atoms with Gasteiger partial charge in [-0.3, -0.25) is 4.79 Å². The Bertz CT molecular complexity index is 721. The lowest BCUT2D eigenvalue weighted by molar-refractivity contribution is 0.0746. The Morgan fingerprint density at radius 1 is 1.09 bits per heavy atom. The first-order valence-corrected chi connectivity index (χ1v) is 7.88. The SMILES string of the molecule is Cc1ccccc1C(=O)N1CCN(c2cnc(N)c(C)c2)CC1. The number of hydrogen-bond donors (Lipinski definition) is 1. The number of carbonyl (C=O) groups is 1. The molecule has 0 spiro atoms. The first-order chi connectivity index (χ1) is 11.1. The summed E-state index contributed by atoms with van der Waals surface area (Å²) in [6.45, 7) is 6.99. The number of pyridine rings is 1. The van der Waals surface area contributed by atoms with Crippen molar-refractivity contribution in [1.29, 1.82) is 0 Å². The van der Waals surface area contributed by atoms with Gasteiger partial charge in [-0.25, -0.2) is 4.98 Å². The van der Waals surface area contributed by atoms with Gasteiger partial charge in [0, 0.05) is 31.7 Å². The first-order valence-electron chi connectivity index (χ1n) is 7.88. The Balaban J connectivity index is 1.67. The van der Waals surface area contributed by atoms with Crippen LogP contribution in [-0.2, 0) is 0 Å². The summed E-state index contributed by atoms with van der Waals surface area (Å²) >= 11 is 0. The van der Waals surface area contributed by atoms with Crippen molar-refractivity contribution in [2.75, 3.05) is 36.8 Å². The van der Waals surface area contributed by atoms with Crippen LogP contribution in [0.3, 0.4) is 0 Å². The van der Waals surface area contributed by atoms with Crippen molar-refractivity contribution < 1.29 is 4.79 Å². The van der Waals surface area contributed by atoms with Gasteiger partial charge in [-0.15, -0.1) is 0 Å². The Hall–Kier alpha value is -2.56. The summed E-state index contributed by atoms with van der Waals surface area (Å²) in [5.74, 6) is 0.691. The molecule has 5 nitrogen and oxygen atoms in total. The molecule has 0 saturated carbocycles. The summed E-state index contributed by atoms with van der Waals surface area (Å²) in [5, 5.41) is 0. The number of nitrogens with two attached hydrogens (primary N) is 1. The molecule has 1 fully saturated rings. The second-order valence-corrected chi connectivity index (χ2v) is 5.99. The van der Waals surface area contributed by atoms with Crippen LogP contribution >= 0.6 is 0 Å². The molecule has 0 aliphatic carbocycles. The lowest BCUT2D eigenvalue weighted by Crippen LogP contribution is -2.49. The van der Waals surface area contributed by atoms with Gasteiger partial charge in [0.15, 0.2) is 0 Å². The van der Waals surface area contributed by atoms with E-state index in [1.807, 2.05) is 43.0 Å². The zero-order chi connectivity index (χ0) is 16.4. The van der Waals surface area contributed by atoms with E-state index < -0.39 is 0 Å². The number of nitrogens with zero attached hydrogens (tertiary/aromatic N) is 3. The fourth-order valence-electron chi connectivity index (χ4n) is 2.89. The van der Waals surface area contributed by atoms with Crippen LogP contribution < -0.4 is 10.6 Å². The molecule has 1 aromatic heterocycles. The van der Waals surface area contributed by atoms with Gasteiger partial charge in [-0.05, 0) is 37.1 Å². The third-order valence-corrected chi connectivity index (χ3v) is 4.41. The third-order valence-electron chi connectivity index (χ3n) is 4.41. The van der Waals surface area contributed by atoms with Gasteiger partial charge >= 0.3 is 0 Å². The molecule has 120 valence electrons. The highest BCUT2D eigenvalue weighted by Gasteiger charge is 2.23. The zero-order valence-electron chi connectivity index (χ0n) is 13.6. The molecule has 0 unspecified atom stereocenters. The van der Waals surface area contributed by atoms with E-state index in [9.17, 15) is 4.79 Å². The summed E-state index contributed by atoms with van der Waals surface area (Å²) < 4.78 is 0. The first kappa shape index (κ1) is 15.3. The average molecular weight is 310 g/mol. The lowest BCUT2D eigenvalue weighted by atomic mass is 10.1. The second kappa shape index (κ2) is 6.28. The van der Waals surface area contributed by atoms with Gasteiger partial charge in [0.05, 0.1) is 11.9 Å². The second-order valence-electron chi connectivity index (χ2n) is 5.99. The molecular weight excluding hydrogens is 288 g/mol. The number of anilines is 2. The van der Waals surface area contributed by atoms with E-state index in [4.69, 9.17) is 5.73 Å². The minimum atomic E-state index is 0.120. The van der Waals surface area contributed by atoms with Crippen LogP contribution in [0.25, 0.3) is 0 Å². The Kier molecular flexibility index (Phi) is 4.19. The minimum Gasteiger partial charge on any atom is -0.383 e. The van der Waals surface area contributed by atoms with Gasteiger partial charge in [0.2, 0.25) is 0 Å². The molecule has 1 aliphatic rings. The smallest absolute Gasteiger partial charge is 0.254 e. The zero-order valence-corrected chi connectivity index (χ0v) is 13.6. The van der Waals surface area contributed by atoms with Crippen LogP contribution in [0.2, 0.25) is 0 Å². The summed E-state index contributed by atoms with van der Waals surface area (Å²) in [4.78, 5) is 21.0. The molecule has 0 bridgehead atoms. The number of hydrogen-bond acceptors (Lipinski definition) is 4. The standard InChI is InChI=1S/C18H22N4O/c1-13-5-3-4-6-16(13)18(23)22-9-7-21(8-10-22)15-11-14(2)17(19)20-12-15/h3-6,11-12H,7-10H2,1-2H3,(H2,19,20). The maximum absolute atomic E-state index is 12.6. The van der Waals surface area contributed by atoms with E-state index in [0.29, 0.717) is 5.82 Å². The fraction of sp³-hybridized carbons (Fsp3) is 0.333. The number of aryl methyl sites for hydroxylation is 2. The molecule has 23 heavy (non-hydrogen) atoms. The molecule has 2 heterocycles. The van der Waals surface area contributed by atoms with Crippen LogP contribution in [0.5, 0.6) is 0 Å². The van der Waals surface area contributed by atoms with Gasteiger partial charge in [-0.2, -0.15) is 0 Å². The lowest BCUT2D eigenvalue weighted by Gasteiger charge is -2.36. The Morgan fingerprint density at radius 2 is 1.78 bits per heavy atom. The number of nitrogen functional groups attached to an aromatic ring is 1. The third kappa shape index (κ3) is 3.13. The van der Waals surface area contributed by atoms with Crippen LogP contribution in [-0.4, -0.2) is 42.0 Å². The maximum Gasteiger partial charge on any atom is 0.254 e. The van der Waals surface area contributed by atoms with Gasteiger partial charge in [0.1, 0.15) is 5.82 Å². The molecule has 5 heteroatoms. The van der Waals surface area contributed by atoms with Crippen molar-refractivity contribution in [2.24, 2.45) is 0 Å². The van der Waals surface area contributed by atoms with E-state index in [-0.39, 0.29) is 5.91 Å². The van der Waals surface area contributed by atoms with E-state index in [1.54, 1.807) is 6.20 Å². The summed E-state index contributed by atoms with van der Waals surface area (Å²) in [6, 6.07) is 9.81. The molecule has 1 aromatic carbocycles. The molecule has 0 radical (unpaired) electrons. The van der Waals surface area contributed by atoms with Crippen molar-refractivity contribution in [3.8, 4) is 0 Å². The van der Waals surface area contributed by atoms with E-state index in [1.165, 1.54) is 0 Å². The van der Waals surface area contributed by atoms with Crippen LogP contribution in [0.1, 0.15) is 21.5 Å². The number of aromatic nitrogens is 1. The molecule has 1 amide bonds. The van der Waals surface area contributed by atoms with E-state index >= 15 is 0 Å². The Labute approximate surface area is 136 Å². The fourth-order valence-corrected chi connectivity index (χ4v) is 2.89. The number of piperazine rings is 1. The number of amides is 1. The van der Waals surface area contributed by atoms with Crippen LogP contribution in [0, 0.1) is 13.8 Å². The quantitative estimate of drug-likeness (QED) is 0.924. The van der Waals surface area contributed by atoms with Crippen LogP contribution in [0.15, 0.2) is 36.5 Å². The van der Waals surface area contributed by atoms with Crippen LogP contribution in [0.4, 0.5) is 11.5 Å². The van der Waals surface area contributed by atoms with Crippen molar-refractivity contribution >= 4 is 17.4 Å². The highest BCUT2D eigenvalue weighted by Crippen LogP contribution is 2.20. The van der Waals surface area contributed by atoms with Gasteiger partial charge < -0.3 is 15.5 Å². The van der Waals surface area contributed by atoms with Crippen molar-refractivity contribution in [1.82, 2.24) is 9.88 Å². The van der Waals surface area contributed by atoms with Crippen molar-refractivity contribution in [3.63, 3.8) is 0 Å². The van der Waals surface area contributed by atoms with Gasteiger partial charge in [-0.1, -0.05) is 18.2 Å². The summed E-state index contributed by atoms with van der Waals surface area (Å²) in [5.41, 5.74) is 9.66. The molecule has 1 aliphatic heterocycles. The van der Waals surface area contributed by atoms with E-state index in [0.717, 1.165) is 48.6 Å². The molecule has 2 N–H and O–H groups in total. The summed E-state index contributed by atoms with van der Waals surface area (Å²) in [7, 11) is 0. The van der Waals surface area contributed by atoms with Gasteiger partial charge in [0.25, 0.3) is 5.91 Å². The van der Waals surface area contributed by atoms with Crippen molar-refractivity contribution in [3.05, 3.63) is 53.2 Å². The Morgan fingerprint density at radius 3 is 2.43 bits per heavy atom. The summed E-state index contributed by atoms with van der Waals surface area (Å²) in [6.07, 6.45) is 1.81. The molecule has 1 saturated heterocycles. The minimum absolute atomic E-state index is 0.120. The predicted octanol–water partition coefficient (Wildman–Crippen LogP) is 2.24. The highest BCUT2D eigenvalue weighted by atomic mass is 16.2.